The van der Waals surface area contributed by atoms with Crippen LogP contribution in [0.3, 0.4) is 0 Å². The lowest BCUT2D eigenvalue weighted by Crippen LogP contribution is -2.01. The predicted octanol–water partition coefficient (Wildman–Crippen LogP) is 7.71. The molecular formula is C28H26O. The quantitative estimate of drug-likeness (QED) is 0.312. The molecule has 0 unspecified atom stereocenters. The second-order valence-corrected chi connectivity index (χ2v) is 7.60. The Morgan fingerprint density at radius 2 is 1.41 bits per heavy atom. The molecule has 1 heteroatoms. The molecule has 4 aromatic carbocycles. The summed E-state index contributed by atoms with van der Waals surface area (Å²) in [6.45, 7) is 5.04. The Hall–Kier alpha value is -3.32. The van der Waals surface area contributed by atoms with Gasteiger partial charge in [-0.1, -0.05) is 117 Å². The molecule has 0 aliphatic rings. The predicted molar refractivity (Wildman–Crippen MR) is 124 cm³/mol. The Morgan fingerprint density at radius 1 is 0.759 bits per heavy atom. The van der Waals surface area contributed by atoms with E-state index >= 15 is 0 Å². The molecule has 0 spiro atoms. The first-order chi connectivity index (χ1) is 14.2. The summed E-state index contributed by atoms with van der Waals surface area (Å²) in [4.78, 5) is 0. The van der Waals surface area contributed by atoms with Crippen molar-refractivity contribution in [2.75, 3.05) is 0 Å². The highest BCUT2D eigenvalue weighted by atomic mass is 16.5. The molecule has 0 fully saturated rings. The van der Waals surface area contributed by atoms with E-state index in [0.29, 0.717) is 12.5 Å². The molecule has 0 radical (unpaired) electrons. The third-order valence-electron chi connectivity index (χ3n) is 5.16. The normalized spacial score (nSPS) is 11.4. The van der Waals surface area contributed by atoms with E-state index in [1.165, 1.54) is 27.6 Å². The number of hydrogen-bond donors (Lipinski definition) is 0. The molecule has 0 N–H and O–H groups in total. The molecule has 0 aliphatic heterocycles. The van der Waals surface area contributed by atoms with Crippen molar-refractivity contribution < 1.29 is 4.74 Å². The average molecular weight is 379 g/mol. The topological polar surface area (TPSA) is 9.23 Å². The molecule has 0 bridgehead atoms. The van der Waals surface area contributed by atoms with Gasteiger partial charge in [-0.25, -0.2) is 0 Å². The number of rotatable bonds is 6. The Morgan fingerprint density at radius 3 is 2.14 bits per heavy atom. The van der Waals surface area contributed by atoms with E-state index in [4.69, 9.17) is 4.74 Å². The number of benzene rings is 4. The van der Waals surface area contributed by atoms with E-state index in [2.05, 4.69) is 105 Å². The molecule has 29 heavy (non-hydrogen) atoms. The first-order valence-electron chi connectivity index (χ1n) is 10.2. The Labute approximate surface area is 173 Å². The van der Waals surface area contributed by atoms with E-state index in [0.717, 1.165) is 11.1 Å². The van der Waals surface area contributed by atoms with Gasteiger partial charge in [0.1, 0.15) is 12.4 Å². The Kier molecular flexibility index (Phi) is 5.76. The largest absolute Gasteiger partial charge is 0.488 e. The van der Waals surface area contributed by atoms with Gasteiger partial charge in [-0.05, 0) is 28.0 Å². The molecular weight excluding hydrogens is 352 g/mol. The fourth-order valence-corrected chi connectivity index (χ4v) is 3.63. The van der Waals surface area contributed by atoms with Crippen LogP contribution in [0.25, 0.3) is 22.9 Å². The lowest BCUT2D eigenvalue weighted by Gasteiger charge is -2.19. The number of fused-ring (bicyclic) bond motifs is 1. The van der Waals surface area contributed by atoms with Crippen LogP contribution in [0, 0.1) is 0 Å². The second kappa shape index (κ2) is 8.79. The summed E-state index contributed by atoms with van der Waals surface area (Å²) in [6.07, 6.45) is 4.38. The summed E-state index contributed by atoms with van der Waals surface area (Å²) < 4.78 is 6.46. The minimum atomic E-state index is 0.397. The maximum atomic E-state index is 6.46. The molecule has 0 aromatic heterocycles. The third kappa shape index (κ3) is 4.41. The minimum Gasteiger partial charge on any atom is -0.488 e. The maximum absolute atomic E-state index is 6.46. The summed E-state index contributed by atoms with van der Waals surface area (Å²) in [6, 6.07) is 31.6. The fraction of sp³-hybridized carbons (Fsp3) is 0.143. The molecule has 0 atom stereocenters. The first-order valence-corrected chi connectivity index (χ1v) is 10.2. The van der Waals surface area contributed by atoms with Gasteiger partial charge >= 0.3 is 0 Å². The second-order valence-electron chi connectivity index (χ2n) is 7.60. The lowest BCUT2D eigenvalue weighted by molar-refractivity contribution is 0.309. The maximum Gasteiger partial charge on any atom is 0.135 e. The van der Waals surface area contributed by atoms with E-state index in [9.17, 15) is 0 Å². The van der Waals surface area contributed by atoms with Crippen LogP contribution in [-0.4, -0.2) is 0 Å². The molecule has 0 aliphatic carbocycles. The van der Waals surface area contributed by atoms with Gasteiger partial charge in [-0.15, -0.1) is 0 Å². The Bertz CT molecular complexity index is 1110. The first kappa shape index (κ1) is 19.0. The van der Waals surface area contributed by atoms with Crippen LogP contribution in [0.1, 0.15) is 42.0 Å². The van der Waals surface area contributed by atoms with E-state index < -0.39 is 0 Å². The van der Waals surface area contributed by atoms with Gasteiger partial charge in [-0.3, -0.25) is 0 Å². The molecule has 0 saturated carbocycles. The van der Waals surface area contributed by atoms with E-state index in [1.807, 2.05) is 12.1 Å². The SMILES string of the molecule is CC(C)c1cc2ccccc2c(OCc2ccccc2)c1/C=C\c1ccccc1. The van der Waals surface area contributed by atoms with Gasteiger partial charge in [0, 0.05) is 10.9 Å². The molecule has 0 heterocycles. The van der Waals surface area contributed by atoms with Crippen LogP contribution in [0.5, 0.6) is 5.75 Å². The Balaban J connectivity index is 1.83. The van der Waals surface area contributed by atoms with Crippen LogP contribution >= 0.6 is 0 Å². The van der Waals surface area contributed by atoms with Crippen molar-refractivity contribution in [3.8, 4) is 5.75 Å². The van der Waals surface area contributed by atoms with Crippen LogP contribution in [0.4, 0.5) is 0 Å². The van der Waals surface area contributed by atoms with Crippen LogP contribution in [0.2, 0.25) is 0 Å². The van der Waals surface area contributed by atoms with Crippen LogP contribution in [0.15, 0.2) is 91.0 Å². The van der Waals surface area contributed by atoms with Crippen LogP contribution in [-0.2, 0) is 6.61 Å². The summed E-state index contributed by atoms with van der Waals surface area (Å²) in [5.74, 6) is 1.36. The molecule has 1 nitrogen and oxygen atoms in total. The van der Waals surface area contributed by atoms with Gasteiger partial charge in [0.25, 0.3) is 0 Å². The van der Waals surface area contributed by atoms with Crippen molar-refractivity contribution in [1.82, 2.24) is 0 Å². The van der Waals surface area contributed by atoms with Crippen molar-refractivity contribution in [1.29, 1.82) is 0 Å². The van der Waals surface area contributed by atoms with Gasteiger partial charge in [0.05, 0.1) is 0 Å². The zero-order chi connectivity index (χ0) is 20.1. The summed E-state index contributed by atoms with van der Waals surface area (Å²) in [5.41, 5.74) is 4.83. The van der Waals surface area contributed by atoms with Crippen molar-refractivity contribution in [2.24, 2.45) is 0 Å². The molecule has 4 rings (SSSR count). The lowest BCUT2D eigenvalue weighted by atomic mass is 9.91. The van der Waals surface area contributed by atoms with Gasteiger partial charge in [-0.2, -0.15) is 0 Å². The highest BCUT2D eigenvalue weighted by Gasteiger charge is 2.15. The van der Waals surface area contributed by atoms with Gasteiger partial charge < -0.3 is 4.74 Å². The monoisotopic (exact) mass is 378 g/mol. The van der Waals surface area contributed by atoms with Gasteiger partial charge in [0.15, 0.2) is 0 Å². The molecule has 4 aromatic rings. The average Bonchev–Trinajstić information content (AvgIpc) is 2.77. The molecule has 144 valence electrons. The van der Waals surface area contributed by atoms with Crippen molar-refractivity contribution in [2.45, 2.75) is 26.4 Å². The third-order valence-corrected chi connectivity index (χ3v) is 5.16. The van der Waals surface area contributed by atoms with Gasteiger partial charge in [0.2, 0.25) is 0 Å². The zero-order valence-corrected chi connectivity index (χ0v) is 17.0. The summed E-state index contributed by atoms with van der Waals surface area (Å²) in [7, 11) is 0. The number of hydrogen-bond acceptors (Lipinski definition) is 1. The van der Waals surface area contributed by atoms with Crippen molar-refractivity contribution in [3.05, 3.63) is 113 Å². The zero-order valence-electron chi connectivity index (χ0n) is 17.0. The van der Waals surface area contributed by atoms with E-state index in [1.54, 1.807) is 0 Å². The van der Waals surface area contributed by atoms with E-state index in [-0.39, 0.29) is 0 Å². The standard InChI is InChI=1S/C28H26O/c1-21(2)27-19-24-15-9-10-16-25(24)28(29-20-23-13-7-4-8-14-23)26(27)18-17-22-11-5-3-6-12-22/h3-19,21H,20H2,1-2H3/b18-17-. The summed E-state index contributed by atoms with van der Waals surface area (Å²) in [5, 5.41) is 2.37. The van der Waals surface area contributed by atoms with Crippen LogP contribution < -0.4 is 4.74 Å². The summed E-state index contributed by atoms with van der Waals surface area (Å²) >= 11 is 0. The minimum absolute atomic E-state index is 0.397. The highest BCUT2D eigenvalue weighted by Crippen LogP contribution is 2.38. The number of ether oxygens (including phenoxy) is 1. The fourth-order valence-electron chi connectivity index (χ4n) is 3.63. The molecule has 0 amide bonds. The van der Waals surface area contributed by atoms with Crippen molar-refractivity contribution >= 4 is 22.9 Å². The highest BCUT2D eigenvalue weighted by molar-refractivity contribution is 5.94. The molecule has 0 saturated heterocycles. The van der Waals surface area contributed by atoms with Crippen molar-refractivity contribution in [3.63, 3.8) is 0 Å². The smallest absolute Gasteiger partial charge is 0.135 e.